The van der Waals surface area contributed by atoms with Crippen LogP contribution >= 0.6 is 0 Å². The summed E-state index contributed by atoms with van der Waals surface area (Å²) in [5, 5.41) is 2.13. The molecule has 0 aromatic heterocycles. The first-order valence-electron chi connectivity index (χ1n) is 8.76. The lowest BCUT2D eigenvalue weighted by molar-refractivity contribution is -0.0148. The van der Waals surface area contributed by atoms with Crippen LogP contribution in [0.1, 0.15) is 32.1 Å². The van der Waals surface area contributed by atoms with Crippen LogP contribution in [0, 0.1) is 5.41 Å². The van der Waals surface area contributed by atoms with Crippen LogP contribution in [0.15, 0.2) is 12.8 Å². The Balaban J connectivity index is 1.44. The Bertz CT molecular complexity index is 442. The fourth-order valence-electron chi connectivity index (χ4n) is 4.70. The second kappa shape index (κ2) is 6.69. The summed E-state index contributed by atoms with van der Waals surface area (Å²) in [6.07, 6.45) is 7.71. The molecule has 3 aliphatic rings. The molecule has 6 heteroatoms. The maximum Gasteiger partial charge on any atom is 0.409 e. The van der Waals surface area contributed by atoms with Crippen molar-refractivity contribution < 1.29 is 9.53 Å². The highest BCUT2D eigenvalue weighted by Crippen LogP contribution is 2.50. The monoisotopic (exact) mass is 322 g/mol. The van der Waals surface area contributed by atoms with Crippen LogP contribution in [0.25, 0.3) is 0 Å². The predicted octanol–water partition coefficient (Wildman–Crippen LogP) is 1.65. The molecule has 1 saturated carbocycles. The van der Waals surface area contributed by atoms with Gasteiger partial charge in [0.25, 0.3) is 0 Å². The summed E-state index contributed by atoms with van der Waals surface area (Å²) in [4.78, 5) is 16.2. The lowest BCUT2D eigenvalue weighted by Crippen LogP contribution is -2.56. The van der Waals surface area contributed by atoms with Crippen LogP contribution in [0.5, 0.6) is 0 Å². The van der Waals surface area contributed by atoms with E-state index in [4.69, 9.17) is 4.74 Å². The molecule has 3 fully saturated rings. The normalized spacial score (nSPS) is 31.9. The van der Waals surface area contributed by atoms with Crippen molar-refractivity contribution in [2.45, 2.75) is 44.2 Å². The highest BCUT2D eigenvalue weighted by molar-refractivity contribution is 5.67. The lowest BCUT2D eigenvalue weighted by Gasteiger charge is -2.52. The van der Waals surface area contributed by atoms with E-state index in [-0.39, 0.29) is 6.09 Å². The molecule has 0 unspecified atom stereocenters. The smallest absolute Gasteiger partial charge is 0.409 e. The molecule has 1 N–H and O–H groups in total. The number of hydrogen-bond donors (Lipinski definition) is 1. The van der Waals surface area contributed by atoms with Crippen LogP contribution in [0.2, 0.25) is 0 Å². The van der Waals surface area contributed by atoms with Gasteiger partial charge in [-0.3, -0.25) is 0 Å². The summed E-state index contributed by atoms with van der Waals surface area (Å²) in [5.41, 5.74) is 3.57. The van der Waals surface area contributed by atoms with E-state index in [0.29, 0.717) is 17.5 Å². The maximum absolute atomic E-state index is 11.7. The largest absolute Gasteiger partial charge is 0.453 e. The third-order valence-electron chi connectivity index (χ3n) is 6.07. The lowest BCUT2D eigenvalue weighted by atomic mass is 9.64. The zero-order chi connectivity index (χ0) is 16.4. The van der Waals surface area contributed by atoms with Crippen molar-refractivity contribution in [2.24, 2.45) is 5.41 Å². The standard InChI is InChI=1S/C17H30N4O2/c1-4-21(18-2)14-5-8-19(9-6-14)15-11-17(12-15)7-10-20(13-17)16(22)23-3/h4,14-15,18H,1,5-13H2,2-3H3. The molecule has 1 amide bonds. The number of carbonyl (C=O) groups is 1. The van der Waals surface area contributed by atoms with Gasteiger partial charge in [0, 0.05) is 51.5 Å². The van der Waals surface area contributed by atoms with Gasteiger partial charge >= 0.3 is 6.09 Å². The molecule has 2 aliphatic heterocycles. The zero-order valence-electron chi connectivity index (χ0n) is 14.5. The first kappa shape index (κ1) is 16.6. The zero-order valence-corrected chi connectivity index (χ0v) is 14.5. The predicted molar refractivity (Wildman–Crippen MR) is 89.7 cm³/mol. The number of hydrazine groups is 1. The number of rotatable bonds is 4. The third-order valence-corrected chi connectivity index (χ3v) is 6.07. The average molecular weight is 322 g/mol. The van der Waals surface area contributed by atoms with E-state index in [1.165, 1.54) is 32.8 Å². The van der Waals surface area contributed by atoms with Gasteiger partial charge in [-0.2, -0.15) is 0 Å². The van der Waals surface area contributed by atoms with Gasteiger partial charge in [-0.25, -0.2) is 10.2 Å². The van der Waals surface area contributed by atoms with Crippen molar-refractivity contribution >= 4 is 6.09 Å². The third kappa shape index (κ3) is 3.19. The Morgan fingerprint density at radius 2 is 2.04 bits per heavy atom. The second-order valence-corrected chi connectivity index (χ2v) is 7.28. The van der Waals surface area contributed by atoms with E-state index in [1.54, 1.807) is 0 Å². The van der Waals surface area contributed by atoms with Gasteiger partial charge in [0.15, 0.2) is 0 Å². The van der Waals surface area contributed by atoms with Crippen molar-refractivity contribution in [1.82, 2.24) is 20.2 Å². The van der Waals surface area contributed by atoms with E-state index >= 15 is 0 Å². The number of nitrogens with one attached hydrogen (secondary N) is 1. The summed E-state index contributed by atoms with van der Waals surface area (Å²) in [5.74, 6) is 0. The summed E-state index contributed by atoms with van der Waals surface area (Å²) in [6.45, 7) is 7.95. The fraction of sp³-hybridized carbons (Fsp3) is 0.824. The van der Waals surface area contributed by atoms with Crippen molar-refractivity contribution in [3.8, 4) is 0 Å². The molecule has 1 spiro atoms. The summed E-state index contributed by atoms with van der Waals surface area (Å²) in [6, 6.07) is 1.27. The molecule has 0 radical (unpaired) electrons. The van der Waals surface area contributed by atoms with Crippen molar-refractivity contribution in [3.05, 3.63) is 12.8 Å². The van der Waals surface area contributed by atoms with Gasteiger partial charge in [0.05, 0.1) is 7.11 Å². The van der Waals surface area contributed by atoms with Gasteiger partial charge in [0.2, 0.25) is 0 Å². The molecule has 6 nitrogen and oxygen atoms in total. The molecule has 130 valence electrons. The molecule has 23 heavy (non-hydrogen) atoms. The first-order chi connectivity index (χ1) is 11.1. The van der Waals surface area contributed by atoms with Crippen LogP contribution in [0.4, 0.5) is 4.79 Å². The van der Waals surface area contributed by atoms with E-state index in [2.05, 4.69) is 21.9 Å². The summed E-state index contributed by atoms with van der Waals surface area (Å²) in [7, 11) is 3.43. The average Bonchev–Trinajstić information content (AvgIpc) is 3.00. The Labute approximate surface area is 139 Å². The van der Waals surface area contributed by atoms with Gasteiger partial charge in [-0.1, -0.05) is 6.58 Å². The number of nitrogens with zero attached hydrogens (tertiary/aromatic N) is 3. The van der Waals surface area contributed by atoms with E-state index in [1.807, 2.05) is 18.1 Å². The molecular weight excluding hydrogens is 292 g/mol. The van der Waals surface area contributed by atoms with E-state index in [0.717, 1.165) is 32.6 Å². The Hall–Kier alpha value is -1.27. The first-order valence-corrected chi connectivity index (χ1v) is 8.76. The molecule has 0 aromatic carbocycles. The minimum absolute atomic E-state index is 0.164. The van der Waals surface area contributed by atoms with Crippen molar-refractivity contribution in [1.29, 1.82) is 0 Å². The van der Waals surface area contributed by atoms with Crippen molar-refractivity contribution in [3.63, 3.8) is 0 Å². The van der Waals surface area contributed by atoms with E-state index < -0.39 is 0 Å². The number of ether oxygens (including phenoxy) is 1. The second-order valence-electron chi connectivity index (χ2n) is 7.28. The molecule has 3 rings (SSSR count). The quantitative estimate of drug-likeness (QED) is 0.798. The van der Waals surface area contributed by atoms with Gasteiger partial charge in [-0.15, -0.1) is 0 Å². The highest BCUT2D eigenvalue weighted by Gasteiger charge is 2.51. The van der Waals surface area contributed by atoms with Crippen LogP contribution in [0.3, 0.4) is 0 Å². The molecule has 0 aromatic rings. The Morgan fingerprint density at radius 1 is 1.35 bits per heavy atom. The fourth-order valence-corrected chi connectivity index (χ4v) is 4.70. The molecule has 1 aliphatic carbocycles. The minimum atomic E-state index is -0.164. The highest BCUT2D eigenvalue weighted by atomic mass is 16.5. The molecule has 0 atom stereocenters. The Morgan fingerprint density at radius 3 is 2.61 bits per heavy atom. The molecular formula is C17H30N4O2. The van der Waals surface area contributed by atoms with Crippen molar-refractivity contribution in [2.75, 3.05) is 40.3 Å². The number of amides is 1. The molecule has 0 bridgehead atoms. The molecule has 2 saturated heterocycles. The number of likely N-dealkylation sites (tertiary alicyclic amines) is 2. The topological polar surface area (TPSA) is 48.0 Å². The van der Waals surface area contributed by atoms with Crippen LogP contribution in [-0.4, -0.2) is 73.3 Å². The summed E-state index contributed by atoms with van der Waals surface area (Å²) < 4.78 is 4.85. The summed E-state index contributed by atoms with van der Waals surface area (Å²) >= 11 is 0. The number of carbonyl (C=O) groups excluding carboxylic acids is 1. The van der Waals surface area contributed by atoms with E-state index in [9.17, 15) is 4.79 Å². The van der Waals surface area contributed by atoms with Crippen LogP contribution < -0.4 is 5.43 Å². The van der Waals surface area contributed by atoms with Gasteiger partial charge in [-0.05, 0) is 37.5 Å². The molecule has 2 heterocycles. The SMILES string of the molecule is C=CN(NC)C1CCN(C2CC3(CCN(C(=O)OC)C3)C2)CC1. The maximum atomic E-state index is 11.7. The Kier molecular flexibility index (Phi) is 4.82. The minimum Gasteiger partial charge on any atom is -0.453 e. The number of hydrogen-bond acceptors (Lipinski definition) is 5. The van der Waals surface area contributed by atoms with Crippen LogP contribution in [-0.2, 0) is 4.74 Å². The van der Waals surface area contributed by atoms with Gasteiger partial charge in [0.1, 0.15) is 0 Å². The van der Waals surface area contributed by atoms with Gasteiger partial charge < -0.3 is 19.5 Å². The number of methoxy groups -OCH3 is 1. The number of piperidine rings is 1.